The third kappa shape index (κ3) is 4.01. The average molecular weight is 398 g/mol. The van der Waals surface area contributed by atoms with Crippen LogP contribution in [-0.4, -0.2) is 21.6 Å². The smallest absolute Gasteiger partial charge is 0.230 e. The molecule has 1 N–H and O–H groups in total. The first kappa shape index (κ1) is 18.4. The Morgan fingerprint density at radius 3 is 2.96 bits per heavy atom. The van der Waals surface area contributed by atoms with Crippen molar-refractivity contribution >= 4 is 39.2 Å². The van der Waals surface area contributed by atoms with Crippen LogP contribution in [0.4, 0.5) is 0 Å². The van der Waals surface area contributed by atoms with E-state index in [2.05, 4.69) is 22.2 Å². The molecular weight excluding hydrogens is 374 g/mol. The van der Waals surface area contributed by atoms with Crippen molar-refractivity contribution in [2.45, 2.75) is 44.2 Å². The molecule has 0 bridgehead atoms. The fourth-order valence-electron chi connectivity index (χ4n) is 3.60. The van der Waals surface area contributed by atoms with Crippen molar-refractivity contribution in [2.24, 2.45) is 5.92 Å². The molecule has 2 atom stereocenters. The normalized spacial score (nSPS) is 17.5. The summed E-state index contributed by atoms with van der Waals surface area (Å²) >= 11 is 3.31. The standard InChI is InChI=1S/C21H23N3OS2/c1-13-8-9-16-17(10-13)27-21-19(16)20(22-12-23-21)26-11-18(25)24-14(2)15-6-4-3-5-7-15/h3-7,12-14H,8-11H2,1-2H3,(H,24,25)/t13-,14+/m1/s1. The molecule has 0 aliphatic heterocycles. The first-order chi connectivity index (χ1) is 13.1. The molecule has 4 nitrogen and oxygen atoms in total. The van der Waals surface area contributed by atoms with Crippen LogP contribution in [0.1, 0.15) is 42.3 Å². The Morgan fingerprint density at radius 1 is 1.33 bits per heavy atom. The summed E-state index contributed by atoms with van der Waals surface area (Å²) in [5.74, 6) is 1.13. The topological polar surface area (TPSA) is 54.9 Å². The molecular formula is C21H23N3OS2. The highest BCUT2D eigenvalue weighted by Gasteiger charge is 2.23. The molecule has 3 aromatic rings. The molecule has 6 heteroatoms. The molecule has 1 aliphatic carbocycles. The van der Waals surface area contributed by atoms with Crippen molar-refractivity contribution in [2.75, 3.05) is 5.75 Å². The highest BCUT2D eigenvalue weighted by molar-refractivity contribution is 8.00. The van der Waals surface area contributed by atoms with Gasteiger partial charge in [-0.3, -0.25) is 4.79 Å². The molecule has 140 valence electrons. The lowest BCUT2D eigenvalue weighted by Gasteiger charge is -2.18. The monoisotopic (exact) mass is 397 g/mol. The van der Waals surface area contributed by atoms with Gasteiger partial charge in [-0.1, -0.05) is 49.0 Å². The molecule has 0 spiro atoms. The molecule has 4 rings (SSSR count). The Labute approximate surface area is 167 Å². The molecule has 0 radical (unpaired) electrons. The Kier molecular flexibility index (Phi) is 5.45. The highest BCUT2D eigenvalue weighted by atomic mass is 32.2. The number of fused-ring (bicyclic) bond motifs is 3. The van der Waals surface area contributed by atoms with Crippen LogP contribution in [-0.2, 0) is 17.6 Å². The molecule has 0 fully saturated rings. The van der Waals surface area contributed by atoms with Crippen molar-refractivity contribution in [3.63, 3.8) is 0 Å². The summed E-state index contributed by atoms with van der Waals surface area (Å²) < 4.78 is 0. The summed E-state index contributed by atoms with van der Waals surface area (Å²) in [5, 5.41) is 5.19. The number of benzene rings is 1. The van der Waals surface area contributed by atoms with Gasteiger partial charge in [0.05, 0.1) is 11.8 Å². The van der Waals surface area contributed by atoms with Crippen LogP contribution in [0.5, 0.6) is 0 Å². The van der Waals surface area contributed by atoms with E-state index in [1.807, 2.05) is 37.3 Å². The van der Waals surface area contributed by atoms with Crippen LogP contribution < -0.4 is 5.32 Å². The van der Waals surface area contributed by atoms with Crippen molar-refractivity contribution in [1.29, 1.82) is 0 Å². The number of carbonyl (C=O) groups excluding carboxylic acids is 1. The fourth-order valence-corrected chi connectivity index (χ4v) is 5.85. The van der Waals surface area contributed by atoms with E-state index >= 15 is 0 Å². The average Bonchev–Trinajstić information content (AvgIpc) is 3.05. The van der Waals surface area contributed by atoms with Crippen LogP contribution in [0.15, 0.2) is 41.7 Å². The number of hydrogen-bond donors (Lipinski definition) is 1. The zero-order valence-electron chi connectivity index (χ0n) is 15.6. The second-order valence-electron chi connectivity index (χ2n) is 7.20. The van der Waals surface area contributed by atoms with Crippen molar-refractivity contribution in [1.82, 2.24) is 15.3 Å². The van der Waals surface area contributed by atoms with Gasteiger partial charge in [0.1, 0.15) is 16.2 Å². The molecule has 2 aromatic heterocycles. The van der Waals surface area contributed by atoms with Crippen LogP contribution in [0.25, 0.3) is 10.2 Å². The second kappa shape index (κ2) is 7.98. The van der Waals surface area contributed by atoms with Gasteiger partial charge in [0.2, 0.25) is 5.91 Å². The minimum Gasteiger partial charge on any atom is -0.349 e. The van der Waals surface area contributed by atoms with E-state index in [0.717, 1.165) is 34.2 Å². The number of aromatic nitrogens is 2. The summed E-state index contributed by atoms with van der Waals surface area (Å²) in [6.45, 7) is 4.32. The largest absolute Gasteiger partial charge is 0.349 e. The van der Waals surface area contributed by atoms with E-state index in [-0.39, 0.29) is 11.9 Å². The number of nitrogens with one attached hydrogen (secondary N) is 1. The van der Waals surface area contributed by atoms with E-state index in [1.54, 1.807) is 17.7 Å². The van der Waals surface area contributed by atoms with Crippen LogP contribution in [0.2, 0.25) is 0 Å². The number of aryl methyl sites for hydroxylation is 1. The molecule has 2 heterocycles. The van der Waals surface area contributed by atoms with Gasteiger partial charge in [0.25, 0.3) is 0 Å². The van der Waals surface area contributed by atoms with Gasteiger partial charge in [0, 0.05) is 10.3 Å². The van der Waals surface area contributed by atoms with Crippen molar-refractivity contribution < 1.29 is 4.79 Å². The Hall–Kier alpha value is -1.92. The van der Waals surface area contributed by atoms with Crippen LogP contribution in [0.3, 0.4) is 0 Å². The predicted octanol–water partition coefficient (Wildman–Crippen LogP) is 4.79. The molecule has 27 heavy (non-hydrogen) atoms. The Balaban J connectivity index is 1.47. The number of nitrogens with zero attached hydrogens (tertiary/aromatic N) is 2. The molecule has 0 saturated carbocycles. The van der Waals surface area contributed by atoms with Gasteiger partial charge in [0.15, 0.2) is 0 Å². The minimum absolute atomic E-state index is 0.000104. The quantitative estimate of drug-likeness (QED) is 0.497. The van der Waals surface area contributed by atoms with Gasteiger partial charge in [-0.05, 0) is 43.2 Å². The summed E-state index contributed by atoms with van der Waals surface area (Å²) in [6, 6.07) is 10.0. The summed E-state index contributed by atoms with van der Waals surface area (Å²) in [7, 11) is 0. The van der Waals surface area contributed by atoms with Gasteiger partial charge in [-0.15, -0.1) is 11.3 Å². The van der Waals surface area contributed by atoms with E-state index in [4.69, 9.17) is 0 Å². The fraction of sp³-hybridized carbons (Fsp3) is 0.381. The molecule has 1 aromatic carbocycles. The Bertz CT molecular complexity index is 955. The van der Waals surface area contributed by atoms with Crippen molar-refractivity contribution in [3.05, 3.63) is 52.7 Å². The van der Waals surface area contributed by atoms with E-state index in [9.17, 15) is 4.79 Å². The van der Waals surface area contributed by atoms with E-state index in [1.165, 1.54) is 34.0 Å². The predicted molar refractivity (Wildman–Crippen MR) is 112 cm³/mol. The number of amides is 1. The summed E-state index contributed by atoms with van der Waals surface area (Å²) in [4.78, 5) is 23.9. The summed E-state index contributed by atoms with van der Waals surface area (Å²) in [6.07, 6.45) is 5.07. The third-order valence-corrected chi connectivity index (χ3v) is 7.23. The maximum atomic E-state index is 12.4. The van der Waals surface area contributed by atoms with Gasteiger partial charge in [-0.2, -0.15) is 0 Å². The highest BCUT2D eigenvalue weighted by Crippen LogP contribution is 2.40. The number of thioether (sulfide) groups is 1. The van der Waals surface area contributed by atoms with E-state index in [0.29, 0.717) is 5.75 Å². The van der Waals surface area contributed by atoms with Gasteiger partial charge < -0.3 is 5.32 Å². The third-order valence-electron chi connectivity index (χ3n) is 5.07. The Morgan fingerprint density at radius 2 is 2.15 bits per heavy atom. The van der Waals surface area contributed by atoms with Gasteiger partial charge >= 0.3 is 0 Å². The second-order valence-corrected chi connectivity index (χ2v) is 9.25. The minimum atomic E-state index is 0.000104. The van der Waals surface area contributed by atoms with Crippen LogP contribution in [0, 0.1) is 5.92 Å². The molecule has 0 unspecified atom stereocenters. The maximum Gasteiger partial charge on any atom is 0.230 e. The van der Waals surface area contributed by atoms with Crippen LogP contribution >= 0.6 is 23.1 Å². The first-order valence-electron chi connectivity index (χ1n) is 9.34. The lowest BCUT2D eigenvalue weighted by atomic mass is 9.89. The zero-order valence-corrected chi connectivity index (χ0v) is 17.2. The molecule has 1 aliphatic rings. The first-order valence-corrected chi connectivity index (χ1v) is 11.1. The zero-order chi connectivity index (χ0) is 18.8. The number of hydrogen-bond acceptors (Lipinski definition) is 5. The summed E-state index contributed by atoms with van der Waals surface area (Å²) in [5.41, 5.74) is 2.52. The van der Waals surface area contributed by atoms with Crippen molar-refractivity contribution in [3.8, 4) is 0 Å². The number of thiophene rings is 1. The molecule has 0 saturated heterocycles. The lowest BCUT2D eigenvalue weighted by molar-refractivity contribution is -0.119. The number of rotatable bonds is 5. The SMILES string of the molecule is C[C@@H]1CCc2c(sc3ncnc(SCC(=O)N[C@@H](C)c4ccccc4)c23)C1. The van der Waals surface area contributed by atoms with Gasteiger partial charge in [-0.25, -0.2) is 9.97 Å². The number of carbonyl (C=O) groups is 1. The van der Waals surface area contributed by atoms with E-state index < -0.39 is 0 Å². The molecule has 1 amide bonds. The maximum absolute atomic E-state index is 12.4. The lowest BCUT2D eigenvalue weighted by Crippen LogP contribution is -2.28.